The molecular weight excluding hydrogens is 268 g/mol. The minimum Gasteiger partial charge on any atom is -0.396 e. The van der Waals surface area contributed by atoms with Crippen molar-refractivity contribution in [3.8, 4) is 0 Å². The molecule has 1 aliphatic heterocycles. The lowest BCUT2D eigenvalue weighted by Gasteiger charge is -2.33. The standard InChI is InChI=1S/C16H28N2O3/c1-11(2)14(7-10-19)17-15(20)12-5-8-18(9-6-12)16(21)13-3-4-13/h11-14,19H,3-10H2,1-2H3,(H,17,20). The molecule has 2 amide bonds. The van der Waals surface area contributed by atoms with Crippen LogP contribution in [0.2, 0.25) is 0 Å². The fraction of sp³-hybridized carbons (Fsp3) is 0.875. The summed E-state index contributed by atoms with van der Waals surface area (Å²) in [5.41, 5.74) is 0. The molecule has 1 unspecified atom stereocenters. The second kappa shape index (κ2) is 7.25. The summed E-state index contributed by atoms with van der Waals surface area (Å²) in [5.74, 6) is 0.964. The molecule has 1 aliphatic carbocycles. The predicted octanol–water partition coefficient (Wildman–Crippen LogP) is 1.16. The van der Waals surface area contributed by atoms with E-state index < -0.39 is 0 Å². The summed E-state index contributed by atoms with van der Waals surface area (Å²) < 4.78 is 0. The van der Waals surface area contributed by atoms with E-state index in [2.05, 4.69) is 19.2 Å². The second-order valence-corrected chi connectivity index (χ2v) is 6.75. The molecule has 1 saturated carbocycles. The van der Waals surface area contributed by atoms with Crippen molar-refractivity contribution >= 4 is 11.8 Å². The van der Waals surface area contributed by atoms with E-state index in [0.717, 1.165) is 25.7 Å². The van der Waals surface area contributed by atoms with Gasteiger partial charge in [-0.25, -0.2) is 0 Å². The van der Waals surface area contributed by atoms with Crippen LogP contribution in [0.4, 0.5) is 0 Å². The van der Waals surface area contributed by atoms with Crippen molar-refractivity contribution in [3.05, 3.63) is 0 Å². The smallest absolute Gasteiger partial charge is 0.225 e. The number of nitrogens with one attached hydrogen (secondary N) is 1. The molecule has 2 fully saturated rings. The van der Waals surface area contributed by atoms with E-state index in [9.17, 15) is 9.59 Å². The van der Waals surface area contributed by atoms with Gasteiger partial charge < -0.3 is 15.3 Å². The van der Waals surface area contributed by atoms with E-state index in [1.165, 1.54) is 0 Å². The Morgan fingerprint density at radius 3 is 2.24 bits per heavy atom. The van der Waals surface area contributed by atoms with Gasteiger partial charge in [0, 0.05) is 37.6 Å². The molecule has 2 aliphatic rings. The van der Waals surface area contributed by atoms with Gasteiger partial charge in [-0.1, -0.05) is 13.8 Å². The average Bonchev–Trinajstić information content (AvgIpc) is 3.30. The lowest BCUT2D eigenvalue weighted by atomic mass is 9.93. The summed E-state index contributed by atoms with van der Waals surface area (Å²) in [7, 11) is 0. The summed E-state index contributed by atoms with van der Waals surface area (Å²) in [5, 5.41) is 12.1. The molecule has 2 rings (SSSR count). The van der Waals surface area contributed by atoms with Crippen molar-refractivity contribution < 1.29 is 14.7 Å². The van der Waals surface area contributed by atoms with E-state index in [1.54, 1.807) is 0 Å². The van der Waals surface area contributed by atoms with Crippen molar-refractivity contribution in [2.24, 2.45) is 17.8 Å². The fourth-order valence-electron chi connectivity index (χ4n) is 2.96. The van der Waals surface area contributed by atoms with Crippen molar-refractivity contribution in [1.82, 2.24) is 10.2 Å². The molecule has 0 spiro atoms. The molecule has 0 aromatic rings. The van der Waals surface area contributed by atoms with Gasteiger partial charge in [-0.05, 0) is 38.0 Å². The van der Waals surface area contributed by atoms with Crippen LogP contribution in [-0.4, -0.2) is 47.6 Å². The third-order valence-electron chi connectivity index (χ3n) is 4.68. The number of amides is 2. The number of carbonyl (C=O) groups excluding carboxylic acids is 2. The third kappa shape index (κ3) is 4.43. The highest BCUT2D eigenvalue weighted by atomic mass is 16.3. The zero-order chi connectivity index (χ0) is 15.4. The number of aliphatic hydroxyl groups is 1. The van der Waals surface area contributed by atoms with E-state index in [-0.39, 0.29) is 36.3 Å². The molecule has 0 aromatic carbocycles. The Morgan fingerprint density at radius 2 is 1.76 bits per heavy atom. The van der Waals surface area contributed by atoms with E-state index in [0.29, 0.717) is 25.4 Å². The Morgan fingerprint density at radius 1 is 1.14 bits per heavy atom. The van der Waals surface area contributed by atoms with Crippen LogP contribution in [-0.2, 0) is 9.59 Å². The van der Waals surface area contributed by atoms with Gasteiger partial charge in [0.25, 0.3) is 0 Å². The summed E-state index contributed by atoms with van der Waals surface area (Å²) in [6, 6.07) is 0.0358. The van der Waals surface area contributed by atoms with Crippen molar-refractivity contribution in [3.63, 3.8) is 0 Å². The first-order chi connectivity index (χ1) is 10.0. The average molecular weight is 296 g/mol. The molecule has 0 bridgehead atoms. The summed E-state index contributed by atoms with van der Waals surface area (Å²) in [4.78, 5) is 26.2. The number of aliphatic hydroxyl groups excluding tert-OH is 1. The van der Waals surface area contributed by atoms with E-state index in [4.69, 9.17) is 5.11 Å². The Hall–Kier alpha value is -1.10. The summed E-state index contributed by atoms with van der Waals surface area (Å²) in [6.07, 6.45) is 4.19. The molecule has 120 valence electrons. The molecule has 5 heteroatoms. The molecule has 1 heterocycles. The molecule has 5 nitrogen and oxygen atoms in total. The molecule has 21 heavy (non-hydrogen) atoms. The number of carbonyl (C=O) groups is 2. The van der Waals surface area contributed by atoms with Crippen molar-refractivity contribution in [1.29, 1.82) is 0 Å². The van der Waals surface area contributed by atoms with Crippen LogP contribution in [0.1, 0.15) is 46.0 Å². The minimum atomic E-state index is 0.00759. The second-order valence-electron chi connectivity index (χ2n) is 6.75. The van der Waals surface area contributed by atoms with Gasteiger partial charge in [0.05, 0.1) is 0 Å². The van der Waals surface area contributed by atoms with Crippen LogP contribution in [0.15, 0.2) is 0 Å². The van der Waals surface area contributed by atoms with Crippen LogP contribution in [0, 0.1) is 17.8 Å². The first-order valence-electron chi connectivity index (χ1n) is 8.23. The quantitative estimate of drug-likeness (QED) is 0.773. The van der Waals surface area contributed by atoms with Gasteiger partial charge in [0.2, 0.25) is 11.8 Å². The Labute approximate surface area is 127 Å². The molecule has 1 saturated heterocycles. The number of hydrogen-bond donors (Lipinski definition) is 2. The first-order valence-corrected chi connectivity index (χ1v) is 8.23. The first kappa shape index (κ1) is 16.3. The fourth-order valence-corrected chi connectivity index (χ4v) is 2.96. The number of nitrogens with zero attached hydrogens (tertiary/aromatic N) is 1. The van der Waals surface area contributed by atoms with Crippen LogP contribution in [0.5, 0.6) is 0 Å². The number of piperidine rings is 1. The highest BCUT2D eigenvalue weighted by molar-refractivity contribution is 5.82. The van der Waals surface area contributed by atoms with Gasteiger partial charge in [0.1, 0.15) is 0 Å². The van der Waals surface area contributed by atoms with Gasteiger partial charge >= 0.3 is 0 Å². The van der Waals surface area contributed by atoms with Gasteiger partial charge in [0.15, 0.2) is 0 Å². The lowest BCUT2D eigenvalue weighted by Crippen LogP contribution is -2.47. The SMILES string of the molecule is CC(C)C(CCO)NC(=O)C1CCN(C(=O)C2CC2)CC1. The number of likely N-dealkylation sites (tertiary alicyclic amines) is 1. The van der Waals surface area contributed by atoms with E-state index in [1.807, 2.05) is 4.90 Å². The summed E-state index contributed by atoms with van der Waals surface area (Å²) >= 11 is 0. The normalized spacial score (nSPS) is 21.4. The number of hydrogen-bond acceptors (Lipinski definition) is 3. The maximum atomic E-state index is 12.3. The Kier molecular flexibility index (Phi) is 5.62. The Bertz CT molecular complexity index is 372. The monoisotopic (exact) mass is 296 g/mol. The molecule has 0 aromatic heterocycles. The topological polar surface area (TPSA) is 69.6 Å². The maximum Gasteiger partial charge on any atom is 0.225 e. The zero-order valence-electron chi connectivity index (χ0n) is 13.2. The minimum absolute atomic E-state index is 0.00759. The highest BCUT2D eigenvalue weighted by Gasteiger charge is 2.36. The maximum absolute atomic E-state index is 12.3. The largest absolute Gasteiger partial charge is 0.396 e. The molecule has 1 atom stereocenters. The number of rotatable bonds is 6. The van der Waals surface area contributed by atoms with E-state index >= 15 is 0 Å². The third-order valence-corrected chi connectivity index (χ3v) is 4.68. The lowest BCUT2D eigenvalue weighted by molar-refractivity contribution is -0.137. The van der Waals surface area contributed by atoms with Crippen LogP contribution in [0.3, 0.4) is 0 Å². The van der Waals surface area contributed by atoms with Gasteiger partial charge in [-0.3, -0.25) is 9.59 Å². The molecular formula is C16H28N2O3. The van der Waals surface area contributed by atoms with Gasteiger partial charge in [-0.2, -0.15) is 0 Å². The molecule has 2 N–H and O–H groups in total. The van der Waals surface area contributed by atoms with Crippen molar-refractivity contribution in [2.75, 3.05) is 19.7 Å². The van der Waals surface area contributed by atoms with Crippen LogP contribution in [0.25, 0.3) is 0 Å². The highest BCUT2D eigenvalue weighted by Crippen LogP contribution is 2.32. The van der Waals surface area contributed by atoms with Gasteiger partial charge in [-0.15, -0.1) is 0 Å². The Balaban J connectivity index is 1.77. The van der Waals surface area contributed by atoms with Crippen molar-refractivity contribution in [2.45, 2.75) is 52.0 Å². The molecule has 0 radical (unpaired) electrons. The zero-order valence-corrected chi connectivity index (χ0v) is 13.2. The summed E-state index contributed by atoms with van der Waals surface area (Å²) in [6.45, 7) is 5.62. The van der Waals surface area contributed by atoms with Crippen LogP contribution >= 0.6 is 0 Å². The predicted molar refractivity (Wildman–Crippen MR) is 80.5 cm³/mol. The van der Waals surface area contributed by atoms with Crippen LogP contribution < -0.4 is 5.32 Å².